The van der Waals surface area contributed by atoms with Gasteiger partial charge in [-0.15, -0.1) is 0 Å². The maximum atomic E-state index is 12.1. The molecule has 0 atom stereocenters. The van der Waals surface area contributed by atoms with E-state index in [1.54, 1.807) is 18.2 Å². The number of hydrogen-bond donors (Lipinski definition) is 2. The quantitative estimate of drug-likeness (QED) is 0.704. The van der Waals surface area contributed by atoms with E-state index in [0.717, 1.165) is 30.5 Å². The fraction of sp³-hybridized carbons (Fsp3) is 0.571. The molecule has 0 spiro atoms. The summed E-state index contributed by atoms with van der Waals surface area (Å²) in [7, 11) is 0.580. The van der Waals surface area contributed by atoms with E-state index in [9.17, 15) is 8.42 Å². The van der Waals surface area contributed by atoms with Crippen molar-refractivity contribution < 1.29 is 8.42 Å². The van der Waals surface area contributed by atoms with Crippen molar-refractivity contribution in [3.05, 3.63) is 29.3 Å². The second kappa shape index (κ2) is 7.73. The lowest BCUT2D eigenvalue weighted by Gasteiger charge is -2.11. The first-order chi connectivity index (χ1) is 9.36. The Labute approximate surface area is 122 Å². The number of rotatable bonds is 8. The SMILES string of the molecule is Cc1ccc(S(=O)(=O)NCCCCN(C)C)cc1CN. The Morgan fingerprint density at radius 3 is 2.55 bits per heavy atom. The predicted molar refractivity (Wildman–Crippen MR) is 82.0 cm³/mol. The van der Waals surface area contributed by atoms with Crippen LogP contribution in [-0.4, -0.2) is 40.5 Å². The van der Waals surface area contributed by atoms with Gasteiger partial charge in [-0.2, -0.15) is 0 Å². The molecule has 5 nitrogen and oxygen atoms in total. The third-order valence-electron chi connectivity index (χ3n) is 3.17. The van der Waals surface area contributed by atoms with E-state index in [1.165, 1.54) is 0 Å². The van der Waals surface area contributed by atoms with Crippen LogP contribution in [0.25, 0.3) is 0 Å². The molecule has 1 aromatic rings. The molecule has 0 amide bonds. The molecule has 6 heteroatoms. The summed E-state index contributed by atoms with van der Waals surface area (Å²) < 4.78 is 26.9. The van der Waals surface area contributed by atoms with E-state index >= 15 is 0 Å². The van der Waals surface area contributed by atoms with Crippen LogP contribution in [0.15, 0.2) is 23.1 Å². The molecular formula is C14H25N3O2S. The molecule has 1 aromatic carbocycles. The molecule has 0 radical (unpaired) electrons. The van der Waals surface area contributed by atoms with Crippen LogP contribution in [0.4, 0.5) is 0 Å². The van der Waals surface area contributed by atoms with Crippen molar-refractivity contribution in [2.24, 2.45) is 5.73 Å². The second-order valence-electron chi connectivity index (χ2n) is 5.20. The summed E-state index contributed by atoms with van der Waals surface area (Å²) in [6.45, 7) is 3.69. The van der Waals surface area contributed by atoms with E-state index in [4.69, 9.17) is 5.73 Å². The molecule has 0 unspecified atom stereocenters. The van der Waals surface area contributed by atoms with Crippen molar-refractivity contribution in [1.29, 1.82) is 0 Å². The third kappa shape index (κ3) is 5.20. The van der Waals surface area contributed by atoms with Crippen LogP contribution in [0.2, 0.25) is 0 Å². The van der Waals surface area contributed by atoms with Crippen LogP contribution in [0, 0.1) is 6.92 Å². The van der Waals surface area contributed by atoms with Crippen molar-refractivity contribution in [2.75, 3.05) is 27.2 Å². The fourth-order valence-electron chi connectivity index (χ4n) is 1.88. The lowest BCUT2D eigenvalue weighted by Crippen LogP contribution is -2.25. The minimum atomic E-state index is -3.43. The maximum absolute atomic E-state index is 12.1. The van der Waals surface area contributed by atoms with Gasteiger partial charge in [0.05, 0.1) is 4.90 Å². The Hall–Kier alpha value is -0.950. The molecule has 0 bridgehead atoms. The summed E-state index contributed by atoms with van der Waals surface area (Å²) >= 11 is 0. The normalized spacial score (nSPS) is 12.1. The summed E-state index contributed by atoms with van der Waals surface area (Å²) in [6, 6.07) is 5.07. The molecule has 0 aromatic heterocycles. The van der Waals surface area contributed by atoms with Gasteiger partial charge in [0.15, 0.2) is 0 Å². The van der Waals surface area contributed by atoms with Crippen LogP contribution >= 0.6 is 0 Å². The number of sulfonamides is 1. The first kappa shape index (κ1) is 17.1. The Morgan fingerprint density at radius 2 is 1.95 bits per heavy atom. The van der Waals surface area contributed by atoms with Gasteiger partial charge in [-0.05, 0) is 63.7 Å². The zero-order chi connectivity index (χ0) is 15.2. The highest BCUT2D eigenvalue weighted by Gasteiger charge is 2.14. The lowest BCUT2D eigenvalue weighted by molar-refractivity contribution is 0.394. The van der Waals surface area contributed by atoms with E-state index in [0.29, 0.717) is 13.1 Å². The number of nitrogens with zero attached hydrogens (tertiary/aromatic N) is 1. The van der Waals surface area contributed by atoms with E-state index in [1.807, 2.05) is 21.0 Å². The van der Waals surface area contributed by atoms with Gasteiger partial charge in [0.2, 0.25) is 10.0 Å². The van der Waals surface area contributed by atoms with Crippen LogP contribution < -0.4 is 10.5 Å². The minimum Gasteiger partial charge on any atom is -0.326 e. The maximum Gasteiger partial charge on any atom is 0.240 e. The van der Waals surface area contributed by atoms with Gasteiger partial charge in [0.25, 0.3) is 0 Å². The van der Waals surface area contributed by atoms with Crippen molar-refractivity contribution in [2.45, 2.75) is 31.2 Å². The minimum absolute atomic E-state index is 0.288. The molecule has 114 valence electrons. The number of benzene rings is 1. The number of nitrogens with two attached hydrogens (primary N) is 1. The summed E-state index contributed by atoms with van der Waals surface area (Å²) in [6.07, 6.45) is 1.80. The van der Waals surface area contributed by atoms with Gasteiger partial charge in [0.1, 0.15) is 0 Å². The van der Waals surface area contributed by atoms with E-state index in [2.05, 4.69) is 9.62 Å². The van der Waals surface area contributed by atoms with Crippen molar-refractivity contribution in [3.63, 3.8) is 0 Å². The molecule has 0 aliphatic heterocycles. The first-order valence-corrected chi connectivity index (χ1v) is 8.29. The van der Waals surface area contributed by atoms with Crippen molar-refractivity contribution >= 4 is 10.0 Å². The Kier molecular flexibility index (Phi) is 6.61. The fourth-order valence-corrected chi connectivity index (χ4v) is 3.00. The summed E-state index contributed by atoms with van der Waals surface area (Å²) in [5.74, 6) is 0. The molecule has 0 aliphatic carbocycles. The van der Waals surface area contributed by atoms with Gasteiger partial charge in [0, 0.05) is 13.1 Å². The van der Waals surface area contributed by atoms with Gasteiger partial charge < -0.3 is 10.6 Å². The molecule has 0 saturated heterocycles. The first-order valence-electron chi connectivity index (χ1n) is 6.81. The zero-order valence-corrected chi connectivity index (χ0v) is 13.3. The number of hydrogen-bond acceptors (Lipinski definition) is 4. The second-order valence-corrected chi connectivity index (χ2v) is 6.97. The lowest BCUT2D eigenvalue weighted by atomic mass is 10.1. The molecular weight excluding hydrogens is 274 g/mol. The smallest absolute Gasteiger partial charge is 0.240 e. The number of unbranched alkanes of at least 4 members (excludes halogenated alkanes) is 1. The van der Waals surface area contributed by atoms with Gasteiger partial charge in [-0.25, -0.2) is 13.1 Å². The van der Waals surface area contributed by atoms with Crippen LogP contribution in [-0.2, 0) is 16.6 Å². The van der Waals surface area contributed by atoms with Crippen LogP contribution in [0.5, 0.6) is 0 Å². The molecule has 0 heterocycles. The monoisotopic (exact) mass is 299 g/mol. The molecule has 0 aliphatic rings. The Morgan fingerprint density at radius 1 is 1.25 bits per heavy atom. The topological polar surface area (TPSA) is 75.4 Å². The molecule has 20 heavy (non-hydrogen) atoms. The highest BCUT2D eigenvalue weighted by atomic mass is 32.2. The van der Waals surface area contributed by atoms with Crippen molar-refractivity contribution in [3.8, 4) is 0 Å². The van der Waals surface area contributed by atoms with Crippen molar-refractivity contribution in [1.82, 2.24) is 9.62 Å². The largest absolute Gasteiger partial charge is 0.326 e. The summed E-state index contributed by atoms with van der Waals surface area (Å²) in [5.41, 5.74) is 7.48. The van der Waals surface area contributed by atoms with E-state index < -0.39 is 10.0 Å². The van der Waals surface area contributed by atoms with Gasteiger partial charge in [-0.1, -0.05) is 6.07 Å². The third-order valence-corrected chi connectivity index (χ3v) is 4.63. The molecule has 0 fully saturated rings. The molecule has 3 N–H and O–H groups in total. The average molecular weight is 299 g/mol. The van der Waals surface area contributed by atoms with E-state index in [-0.39, 0.29) is 4.90 Å². The predicted octanol–water partition coefficient (Wildman–Crippen LogP) is 1.07. The standard InChI is InChI=1S/C14H25N3O2S/c1-12-6-7-14(10-13(12)11-15)20(18,19)16-8-4-5-9-17(2)3/h6-7,10,16H,4-5,8-9,11,15H2,1-3H3. The highest BCUT2D eigenvalue weighted by Crippen LogP contribution is 2.15. The number of aryl methyl sites for hydroxylation is 1. The molecule has 1 rings (SSSR count). The molecule has 0 saturated carbocycles. The van der Waals surface area contributed by atoms with Crippen LogP contribution in [0.3, 0.4) is 0 Å². The van der Waals surface area contributed by atoms with Gasteiger partial charge >= 0.3 is 0 Å². The summed E-state index contributed by atoms with van der Waals surface area (Å²) in [4.78, 5) is 2.37. The average Bonchev–Trinajstić information content (AvgIpc) is 2.38. The Bertz CT molecular complexity index is 527. The summed E-state index contributed by atoms with van der Waals surface area (Å²) in [5, 5.41) is 0. The Balaban J connectivity index is 2.60. The van der Waals surface area contributed by atoms with Crippen LogP contribution in [0.1, 0.15) is 24.0 Å². The van der Waals surface area contributed by atoms with Gasteiger partial charge in [-0.3, -0.25) is 0 Å². The zero-order valence-electron chi connectivity index (χ0n) is 12.5. The highest BCUT2D eigenvalue weighted by molar-refractivity contribution is 7.89. The number of nitrogens with one attached hydrogen (secondary N) is 1.